The summed E-state index contributed by atoms with van der Waals surface area (Å²) in [5.74, 6) is 7.55. The van der Waals surface area contributed by atoms with Crippen LogP contribution in [0.15, 0.2) is 72.8 Å². The van der Waals surface area contributed by atoms with E-state index in [1.807, 2.05) is 0 Å². The van der Waals surface area contributed by atoms with E-state index >= 15 is 0 Å². The van der Waals surface area contributed by atoms with Crippen LogP contribution in [0.5, 0.6) is 0 Å². The van der Waals surface area contributed by atoms with E-state index < -0.39 is 16.1 Å². The van der Waals surface area contributed by atoms with Crippen LogP contribution in [0, 0.1) is 22.9 Å². The molecule has 2 heteroatoms. The lowest BCUT2D eigenvalue weighted by Crippen LogP contribution is -2.22. The summed E-state index contributed by atoms with van der Waals surface area (Å²) in [6.45, 7) is 14.2. The van der Waals surface area contributed by atoms with Crippen molar-refractivity contribution in [1.29, 1.82) is 0 Å². The predicted octanol–water partition coefficient (Wildman–Crippen LogP) is 10.3. The number of rotatable bonds is 4. The Kier molecular flexibility index (Phi) is 7.24. The van der Waals surface area contributed by atoms with Gasteiger partial charge in [-0.05, 0) is 79.4 Å². The molecule has 5 aromatic carbocycles. The molecule has 0 saturated heterocycles. The largest absolute Gasteiger partial charge is 0.132 e. The third-order valence-corrected chi connectivity index (χ3v) is 12.8. The van der Waals surface area contributed by atoms with Crippen molar-refractivity contribution in [3.8, 4) is 22.9 Å². The maximum atomic E-state index is 3.81. The van der Waals surface area contributed by atoms with Gasteiger partial charge in [0, 0.05) is 11.1 Å². The lowest BCUT2D eigenvalue weighted by molar-refractivity contribution is 1.05. The molecule has 0 atom stereocenters. The van der Waals surface area contributed by atoms with Gasteiger partial charge in [0.2, 0.25) is 0 Å². The highest BCUT2D eigenvalue weighted by atomic mass is 28.3. The Morgan fingerprint density at radius 1 is 0.500 bits per heavy atom. The molecule has 38 heavy (non-hydrogen) atoms. The number of hydrogen-bond acceptors (Lipinski definition) is 0. The summed E-state index contributed by atoms with van der Waals surface area (Å²) in [5.41, 5.74) is 9.95. The van der Waals surface area contributed by atoms with Crippen molar-refractivity contribution < 1.29 is 0 Å². The van der Waals surface area contributed by atoms with E-state index in [2.05, 4.69) is 136 Å². The lowest BCUT2D eigenvalue weighted by atomic mass is 9.89. The lowest BCUT2D eigenvalue weighted by Gasteiger charge is -2.16. The van der Waals surface area contributed by atoms with Crippen LogP contribution in [0.2, 0.25) is 38.3 Å². The Labute approximate surface area is 230 Å². The van der Waals surface area contributed by atoms with Gasteiger partial charge >= 0.3 is 0 Å². The molecule has 0 bridgehead atoms. The quantitative estimate of drug-likeness (QED) is 0.124. The molecule has 0 aliphatic carbocycles. The molecule has 0 aromatic heterocycles. The van der Waals surface area contributed by atoms with Gasteiger partial charge in [-0.15, -0.1) is 11.1 Å². The smallest absolute Gasteiger partial charge is 0.126 e. The number of benzene rings is 5. The molecule has 190 valence electrons. The standard InChI is InChI=1S/C36H38Si2/c1-7-19-37(3,4)21-17-31-33-23-27-13-9-11-15-29(27)25-35(33)32(18-22-38(5,6)20-8-2)36-26-30-16-12-10-14-28(30)24-34(31)36/h9-16,23-26H,7-8,19-20H2,1-6H3. The van der Waals surface area contributed by atoms with Gasteiger partial charge < -0.3 is 0 Å². The van der Waals surface area contributed by atoms with Crippen LogP contribution in [0.4, 0.5) is 0 Å². The van der Waals surface area contributed by atoms with Gasteiger partial charge in [-0.3, -0.25) is 0 Å². The SMILES string of the molecule is CCC[Si](C)(C)C#Cc1c2cc3ccccc3cc2c(C#C[Si](C)(C)CCC)c2cc3ccccc3cc12. The van der Waals surface area contributed by atoms with Crippen LogP contribution in [0.25, 0.3) is 43.1 Å². The molecule has 0 saturated carbocycles. The maximum Gasteiger partial charge on any atom is 0.132 e. The van der Waals surface area contributed by atoms with Crippen molar-refractivity contribution in [2.24, 2.45) is 0 Å². The highest BCUT2D eigenvalue weighted by molar-refractivity contribution is 6.85. The van der Waals surface area contributed by atoms with Crippen LogP contribution >= 0.6 is 0 Å². The van der Waals surface area contributed by atoms with Crippen LogP contribution < -0.4 is 0 Å². The summed E-state index contributed by atoms with van der Waals surface area (Å²) in [7, 11) is -3.23. The Balaban J connectivity index is 1.96. The van der Waals surface area contributed by atoms with E-state index in [4.69, 9.17) is 0 Å². The minimum Gasteiger partial charge on any atom is -0.126 e. The predicted molar refractivity (Wildman–Crippen MR) is 175 cm³/mol. The van der Waals surface area contributed by atoms with Crippen molar-refractivity contribution in [3.63, 3.8) is 0 Å². The van der Waals surface area contributed by atoms with Crippen LogP contribution in [0.1, 0.15) is 37.8 Å². The number of hydrogen-bond donors (Lipinski definition) is 0. The van der Waals surface area contributed by atoms with Crippen molar-refractivity contribution >= 4 is 59.2 Å². The molecule has 0 aliphatic heterocycles. The Hall–Kier alpha value is -3.31. The highest BCUT2D eigenvalue weighted by Crippen LogP contribution is 2.37. The van der Waals surface area contributed by atoms with Gasteiger partial charge in [-0.1, -0.05) is 113 Å². The van der Waals surface area contributed by atoms with Crippen molar-refractivity contribution in [3.05, 3.63) is 83.9 Å². The third-order valence-electron chi connectivity index (χ3n) is 7.65. The molecule has 0 aliphatic rings. The molecule has 0 spiro atoms. The average molecular weight is 527 g/mol. The molecule has 0 N–H and O–H groups in total. The molecule has 5 rings (SSSR count). The zero-order valence-corrected chi connectivity index (χ0v) is 25.8. The van der Waals surface area contributed by atoms with E-state index in [0.717, 1.165) is 0 Å². The van der Waals surface area contributed by atoms with Crippen molar-refractivity contribution in [2.45, 2.75) is 65.0 Å². The first-order valence-corrected chi connectivity index (χ1v) is 20.5. The summed E-state index contributed by atoms with van der Waals surface area (Å²) in [6, 6.07) is 29.3. The normalized spacial score (nSPS) is 11.9. The number of fused-ring (bicyclic) bond motifs is 4. The van der Waals surface area contributed by atoms with Gasteiger partial charge in [0.1, 0.15) is 16.1 Å². The van der Waals surface area contributed by atoms with Gasteiger partial charge in [-0.25, -0.2) is 0 Å². The molecule has 5 aromatic rings. The van der Waals surface area contributed by atoms with Crippen LogP contribution in [0.3, 0.4) is 0 Å². The molecule has 0 amide bonds. The van der Waals surface area contributed by atoms with Crippen molar-refractivity contribution in [1.82, 2.24) is 0 Å². The Morgan fingerprint density at radius 2 is 0.789 bits per heavy atom. The van der Waals surface area contributed by atoms with Gasteiger partial charge in [0.15, 0.2) is 0 Å². The summed E-state index contributed by atoms with van der Waals surface area (Å²) in [4.78, 5) is 0. The molecular weight excluding hydrogens is 489 g/mol. The Bertz CT molecular complexity index is 1570. The zero-order chi connectivity index (χ0) is 26.9. The fraction of sp³-hybridized carbons (Fsp3) is 0.278. The van der Waals surface area contributed by atoms with Crippen molar-refractivity contribution in [2.75, 3.05) is 0 Å². The van der Waals surface area contributed by atoms with E-state index in [9.17, 15) is 0 Å². The monoisotopic (exact) mass is 526 g/mol. The van der Waals surface area contributed by atoms with E-state index in [1.54, 1.807) is 0 Å². The summed E-state index contributed by atoms with van der Waals surface area (Å²) >= 11 is 0. The second-order valence-corrected chi connectivity index (χ2v) is 21.0. The van der Waals surface area contributed by atoms with E-state index in [1.165, 1.54) is 79.1 Å². The van der Waals surface area contributed by atoms with E-state index in [0.29, 0.717) is 0 Å². The molecule has 0 unspecified atom stereocenters. The maximum absolute atomic E-state index is 3.81. The third kappa shape index (κ3) is 5.30. The molecule has 0 radical (unpaired) electrons. The van der Waals surface area contributed by atoms with Gasteiger partial charge in [0.05, 0.1) is 0 Å². The first kappa shape index (κ1) is 26.3. The first-order valence-electron chi connectivity index (χ1n) is 14.1. The average Bonchev–Trinajstić information content (AvgIpc) is 2.88. The topological polar surface area (TPSA) is 0 Å². The molecule has 0 heterocycles. The summed E-state index contributed by atoms with van der Waals surface area (Å²) in [6.07, 6.45) is 2.38. The van der Waals surface area contributed by atoms with Crippen LogP contribution in [-0.4, -0.2) is 16.1 Å². The minimum atomic E-state index is -1.61. The van der Waals surface area contributed by atoms with Gasteiger partial charge in [-0.2, -0.15) is 0 Å². The van der Waals surface area contributed by atoms with Gasteiger partial charge in [0.25, 0.3) is 0 Å². The summed E-state index contributed by atoms with van der Waals surface area (Å²) < 4.78 is 0. The summed E-state index contributed by atoms with van der Waals surface area (Å²) in [5, 5.41) is 9.97. The van der Waals surface area contributed by atoms with E-state index in [-0.39, 0.29) is 0 Å². The second-order valence-electron chi connectivity index (χ2n) is 12.0. The fourth-order valence-corrected chi connectivity index (χ4v) is 9.38. The first-order chi connectivity index (χ1) is 18.2. The second kappa shape index (κ2) is 10.5. The molecule has 0 nitrogen and oxygen atoms in total. The van der Waals surface area contributed by atoms with Crippen LogP contribution in [-0.2, 0) is 0 Å². The molecular formula is C36H38Si2. The highest BCUT2D eigenvalue weighted by Gasteiger charge is 2.19. The Morgan fingerprint density at radius 3 is 1.05 bits per heavy atom. The minimum absolute atomic E-state index is 1.17. The fourth-order valence-electron chi connectivity index (χ4n) is 5.71. The zero-order valence-electron chi connectivity index (χ0n) is 23.8. The molecule has 0 fully saturated rings.